The molecule has 0 aromatic carbocycles. The van der Waals surface area contributed by atoms with Crippen molar-refractivity contribution >= 4 is 45.7 Å². The molecule has 3 aliphatic rings. The number of hydroxylamine groups is 2. The maximum atomic E-state index is 11.8. The lowest BCUT2D eigenvalue weighted by atomic mass is 10.1. The molecule has 10 nitrogen and oxygen atoms in total. The van der Waals surface area contributed by atoms with Crippen molar-refractivity contribution in [1.82, 2.24) is 10.4 Å². The van der Waals surface area contributed by atoms with Gasteiger partial charge in [-0.05, 0) is 30.6 Å². The van der Waals surface area contributed by atoms with E-state index >= 15 is 0 Å². The molecule has 2 unspecified atom stereocenters. The fourth-order valence-electron chi connectivity index (χ4n) is 3.96. The van der Waals surface area contributed by atoms with Crippen LogP contribution in [0, 0.1) is 29.6 Å². The molecule has 3 rings (SSSR count). The number of carbonyl (C=O) groups is 4. The Bertz CT molecular complexity index is 766. The number of carbonyl (C=O) groups excluding carboxylic acids is 4. The molecule has 1 saturated carbocycles. The van der Waals surface area contributed by atoms with Crippen LogP contribution in [0.5, 0.6) is 0 Å². The Morgan fingerprint density at radius 2 is 1.59 bits per heavy atom. The second-order valence-electron chi connectivity index (χ2n) is 7.98. The first-order valence-electron chi connectivity index (χ1n) is 11.4. The van der Waals surface area contributed by atoms with Gasteiger partial charge in [0.25, 0.3) is 11.8 Å². The average Bonchev–Trinajstić information content (AvgIpc) is 3.35. The van der Waals surface area contributed by atoms with Crippen LogP contribution < -0.4 is 5.32 Å². The standard InChI is InChI=1S/C22H30N2O8S2/c25-19-7-8-20(26)24(19)32-22(28)30-12-14-34-33-13-11-29-10-9-23-21(27)31-15-18-16-5-3-1-2-4-6-17(16)18/h16-18H,3-15H2,(H,23,27). The quantitative estimate of drug-likeness (QED) is 0.129. The molecule has 34 heavy (non-hydrogen) atoms. The maximum Gasteiger partial charge on any atom is 0.533 e. The van der Waals surface area contributed by atoms with E-state index in [9.17, 15) is 19.2 Å². The normalized spacial score (nSPS) is 23.2. The van der Waals surface area contributed by atoms with Crippen LogP contribution in [0.1, 0.15) is 38.5 Å². The van der Waals surface area contributed by atoms with E-state index in [1.54, 1.807) is 10.8 Å². The predicted octanol–water partition coefficient (Wildman–Crippen LogP) is 2.77. The number of rotatable bonds is 13. The number of amides is 3. The molecule has 0 spiro atoms. The topological polar surface area (TPSA) is 120 Å². The Labute approximate surface area is 206 Å². The van der Waals surface area contributed by atoms with Gasteiger partial charge in [0.1, 0.15) is 6.61 Å². The van der Waals surface area contributed by atoms with Crippen LogP contribution in [0.25, 0.3) is 0 Å². The summed E-state index contributed by atoms with van der Waals surface area (Å²) in [6.07, 6.45) is 2.73. The maximum absolute atomic E-state index is 11.8. The molecular formula is C22H30N2O8S2. The van der Waals surface area contributed by atoms with Crippen molar-refractivity contribution in [1.29, 1.82) is 0 Å². The minimum Gasteiger partial charge on any atom is -0.449 e. The van der Waals surface area contributed by atoms with Crippen LogP contribution in [0.4, 0.5) is 9.59 Å². The van der Waals surface area contributed by atoms with Crippen LogP contribution in [0.15, 0.2) is 0 Å². The summed E-state index contributed by atoms with van der Waals surface area (Å²) >= 11 is 0. The first-order chi connectivity index (χ1) is 16.6. The number of hydrogen-bond acceptors (Lipinski definition) is 10. The van der Waals surface area contributed by atoms with Gasteiger partial charge in [0.2, 0.25) is 0 Å². The van der Waals surface area contributed by atoms with Crippen molar-refractivity contribution in [3.05, 3.63) is 0 Å². The van der Waals surface area contributed by atoms with Gasteiger partial charge in [-0.3, -0.25) is 14.4 Å². The number of imide groups is 1. The van der Waals surface area contributed by atoms with Gasteiger partial charge < -0.3 is 19.5 Å². The zero-order chi connectivity index (χ0) is 24.2. The van der Waals surface area contributed by atoms with E-state index in [4.69, 9.17) is 14.2 Å². The van der Waals surface area contributed by atoms with Crippen LogP contribution >= 0.6 is 21.6 Å². The van der Waals surface area contributed by atoms with Gasteiger partial charge in [0.15, 0.2) is 0 Å². The van der Waals surface area contributed by atoms with E-state index in [0.717, 1.165) is 31.4 Å². The van der Waals surface area contributed by atoms with Crippen molar-refractivity contribution in [2.24, 2.45) is 17.8 Å². The highest BCUT2D eigenvalue weighted by Gasteiger charge is 2.49. The molecular weight excluding hydrogens is 484 g/mol. The zero-order valence-electron chi connectivity index (χ0n) is 19.0. The highest BCUT2D eigenvalue weighted by Crippen LogP contribution is 2.52. The van der Waals surface area contributed by atoms with Crippen molar-refractivity contribution in [2.75, 3.05) is 44.5 Å². The number of alkyl carbamates (subject to hydrolysis) is 1. The van der Waals surface area contributed by atoms with Gasteiger partial charge in [-0.25, -0.2) is 9.59 Å². The third-order valence-corrected chi connectivity index (χ3v) is 8.05. The summed E-state index contributed by atoms with van der Waals surface area (Å²) in [7, 11) is 3.05. The first-order valence-corrected chi connectivity index (χ1v) is 13.9. The summed E-state index contributed by atoms with van der Waals surface area (Å²) in [5.41, 5.74) is 0. The van der Waals surface area contributed by atoms with Gasteiger partial charge in [-0.1, -0.05) is 26.7 Å². The van der Waals surface area contributed by atoms with Crippen LogP contribution in [0.3, 0.4) is 0 Å². The Morgan fingerprint density at radius 3 is 2.26 bits per heavy atom. The molecule has 0 aromatic heterocycles. The summed E-state index contributed by atoms with van der Waals surface area (Å²) in [6.45, 7) is 1.88. The SMILES string of the molecule is O=C(NCCOCCSSCCOC(=O)ON1C(=O)CCC1=O)OCC1C2CCC#CCCC21. The molecule has 0 aromatic rings. The summed E-state index contributed by atoms with van der Waals surface area (Å²) in [4.78, 5) is 50.6. The molecule has 1 N–H and O–H groups in total. The van der Waals surface area contributed by atoms with E-state index in [1.165, 1.54) is 10.8 Å². The summed E-state index contributed by atoms with van der Waals surface area (Å²) < 4.78 is 15.7. The van der Waals surface area contributed by atoms with Crippen LogP contribution in [0.2, 0.25) is 0 Å². The molecule has 2 fully saturated rings. The molecule has 1 saturated heterocycles. The molecule has 1 aliphatic heterocycles. The highest BCUT2D eigenvalue weighted by atomic mass is 33.1. The fourth-order valence-corrected chi connectivity index (χ4v) is 5.65. The Hall–Kier alpha value is -2.10. The summed E-state index contributed by atoms with van der Waals surface area (Å²) in [6, 6.07) is 0. The number of nitrogens with zero attached hydrogens (tertiary/aromatic N) is 1. The molecule has 3 amide bonds. The molecule has 2 aliphatic carbocycles. The van der Waals surface area contributed by atoms with E-state index in [2.05, 4.69) is 22.0 Å². The van der Waals surface area contributed by atoms with Crippen molar-refractivity contribution in [3.8, 4) is 11.8 Å². The van der Waals surface area contributed by atoms with E-state index < -0.39 is 24.1 Å². The minimum absolute atomic E-state index is 0.0402. The fraction of sp³-hybridized carbons (Fsp3) is 0.727. The summed E-state index contributed by atoms with van der Waals surface area (Å²) in [5.74, 6) is 8.31. The van der Waals surface area contributed by atoms with E-state index in [0.29, 0.717) is 54.9 Å². The molecule has 1 heterocycles. The largest absolute Gasteiger partial charge is 0.533 e. The highest BCUT2D eigenvalue weighted by molar-refractivity contribution is 8.76. The Morgan fingerprint density at radius 1 is 0.941 bits per heavy atom. The smallest absolute Gasteiger partial charge is 0.449 e. The van der Waals surface area contributed by atoms with Gasteiger partial charge in [0, 0.05) is 43.7 Å². The van der Waals surface area contributed by atoms with E-state index in [1.807, 2.05) is 0 Å². The third kappa shape index (κ3) is 8.92. The summed E-state index contributed by atoms with van der Waals surface area (Å²) in [5, 5.41) is 3.15. The number of hydrogen-bond donors (Lipinski definition) is 1. The zero-order valence-corrected chi connectivity index (χ0v) is 20.6. The predicted molar refractivity (Wildman–Crippen MR) is 125 cm³/mol. The lowest BCUT2D eigenvalue weighted by Gasteiger charge is -2.12. The molecule has 12 heteroatoms. The second-order valence-corrected chi connectivity index (χ2v) is 10.7. The third-order valence-electron chi connectivity index (χ3n) is 5.71. The number of nitrogens with one attached hydrogen (secondary N) is 1. The van der Waals surface area contributed by atoms with Gasteiger partial charge in [-0.2, -0.15) is 0 Å². The Kier molecular flexibility index (Phi) is 11.2. The van der Waals surface area contributed by atoms with Crippen LogP contribution in [-0.4, -0.2) is 73.6 Å². The van der Waals surface area contributed by atoms with Crippen molar-refractivity contribution < 1.29 is 38.2 Å². The Balaban J connectivity index is 1.07. The lowest BCUT2D eigenvalue weighted by molar-refractivity contribution is -0.176. The average molecular weight is 515 g/mol. The van der Waals surface area contributed by atoms with Crippen LogP contribution in [-0.2, 0) is 28.6 Å². The van der Waals surface area contributed by atoms with Gasteiger partial charge >= 0.3 is 12.2 Å². The van der Waals surface area contributed by atoms with Crippen molar-refractivity contribution in [3.63, 3.8) is 0 Å². The van der Waals surface area contributed by atoms with E-state index in [-0.39, 0.29) is 19.4 Å². The van der Waals surface area contributed by atoms with Crippen molar-refractivity contribution in [2.45, 2.75) is 38.5 Å². The first kappa shape index (κ1) is 26.5. The van der Waals surface area contributed by atoms with Gasteiger partial charge in [0.05, 0.1) is 19.8 Å². The minimum atomic E-state index is -1.07. The molecule has 188 valence electrons. The lowest BCUT2D eigenvalue weighted by Crippen LogP contribution is -2.32. The molecule has 2 atom stereocenters. The molecule has 0 radical (unpaired) electrons. The second kappa shape index (κ2) is 14.3. The molecule has 0 bridgehead atoms. The van der Waals surface area contributed by atoms with Gasteiger partial charge in [-0.15, -0.1) is 11.8 Å². The monoisotopic (exact) mass is 514 g/mol. The number of ether oxygens (including phenoxy) is 3. The number of fused-ring (bicyclic) bond motifs is 1.